The van der Waals surface area contributed by atoms with Gasteiger partial charge in [-0.25, -0.2) is 0 Å². The predicted molar refractivity (Wildman–Crippen MR) is 133 cm³/mol. The van der Waals surface area contributed by atoms with Crippen LogP contribution in [0.2, 0.25) is 0 Å². The molecular weight excluding hydrogens is 552 g/mol. The summed E-state index contributed by atoms with van der Waals surface area (Å²) in [5, 5.41) is 103. The lowest BCUT2D eigenvalue weighted by Crippen LogP contribution is -2.64. The van der Waals surface area contributed by atoms with Crippen molar-refractivity contribution < 1.29 is 74.7 Å². The SMILES string of the molecule is OCC1OC(OC2CC3C(O)CC(O)CC3OC2C2CCC(O)C(O)C2)C(O)C(O)C1OC1OCC(O)C(O)C1O. The van der Waals surface area contributed by atoms with Gasteiger partial charge in [0.25, 0.3) is 0 Å². The first kappa shape index (κ1) is 31.8. The normalized spacial score (nSPS) is 54.9. The van der Waals surface area contributed by atoms with E-state index in [2.05, 4.69) is 0 Å². The first-order valence-electron chi connectivity index (χ1n) is 14.4. The van der Waals surface area contributed by atoms with Gasteiger partial charge in [0.05, 0.1) is 55.9 Å². The lowest BCUT2D eigenvalue weighted by atomic mass is 9.72. The van der Waals surface area contributed by atoms with Gasteiger partial charge in [0.15, 0.2) is 12.6 Å². The molecule has 238 valence electrons. The first-order valence-corrected chi connectivity index (χ1v) is 14.4. The molecule has 0 bridgehead atoms. The van der Waals surface area contributed by atoms with Crippen molar-refractivity contribution in [3.05, 3.63) is 0 Å². The molecular formula is C26H44O15. The van der Waals surface area contributed by atoms with Crippen molar-refractivity contribution in [1.29, 1.82) is 0 Å². The van der Waals surface area contributed by atoms with Crippen molar-refractivity contribution in [2.24, 2.45) is 11.8 Å². The molecule has 3 heterocycles. The summed E-state index contributed by atoms with van der Waals surface area (Å²) in [4.78, 5) is 0. The molecule has 5 rings (SSSR count). The summed E-state index contributed by atoms with van der Waals surface area (Å²) in [6.07, 6.45) is -17.1. The molecule has 2 aliphatic carbocycles. The number of hydrogen-bond acceptors (Lipinski definition) is 15. The monoisotopic (exact) mass is 596 g/mol. The summed E-state index contributed by atoms with van der Waals surface area (Å²) in [6.45, 7) is -1.04. The van der Waals surface area contributed by atoms with E-state index in [1.807, 2.05) is 0 Å². The van der Waals surface area contributed by atoms with Gasteiger partial charge in [-0.1, -0.05) is 0 Å². The summed E-state index contributed by atoms with van der Waals surface area (Å²) in [6, 6.07) is 0. The summed E-state index contributed by atoms with van der Waals surface area (Å²) in [7, 11) is 0. The Morgan fingerprint density at radius 3 is 2.07 bits per heavy atom. The highest BCUT2D eigenvalue weighted by atomic mass is 16.7. The van der Waals surface area contributed by atoms with E-state index >= 15 is 0 Å². The zero-order valence-corrected chi connectivity index (χ0v) is 22.6. The molecule has 0 spiro atoms. The summed E-state index contributed by atoms with van der Waals surface area (Å²) in [5.41, 5.74) is 0. The van der Waals surface area contributed by atoms with Crippen molar-refractivity contribution in [2.45, 2.75) is 137 Å². The van der Waals surface area contributed by atoms with Gasteiger partial charge in [-0.05, 0) is 44.4 Å². The Labute approximate surface area is 236 Å². The maximum Gasteiger partial charge on any atom is 0.187 e. The molecule has 0 amide bonds. The Morgan fingerprint density at radius 2 is 1.37 bits per heavy atom. The van der Waals surface area contributed by atoms with E-state index in [1.165, 1.54) is 0 Å². The maximum absolute atomic E-state index is 11.0. The topological polar surface area (TPSA) is 248 Å². The van der Waals surface area contributed by atoms with Crippen molar-refractivity contribution in [1.82, 2.24) is 0 Å². The minimum Gasteiger partial charge on any atom is -0.394 e. The van der Waals surface area contributed by atoms with Gasteiger partial charge < -0.3 is 74.7 Å². The lowest BCUT2D eigenvalue weighted by molar-refractivity contribution is -0.361. The highest BCUT2D eigenvalue weighted by molar-refractivity contribution is 4.99. The van der Waals surface area contributed by atoms with Crippen LogP contribution in [0, 0.1) is 11.8 Å². The fourth-order valence-corrected chi connectivity index (χ4v) is 6.97. The number of aliphatic hydroxyl groups is 10. The third kappa shape index (κ3) is 6.60. The average molecular weight is 597 g/mol. The quantitative estimate of drug-likeness (QED) is 0.139. The Bertz CT molecular complexity index is 850. The van der Waals surface area contributed by atoms with Crippen LogP contribution in [0.1, 0.15) is 38.5 Å². The number of rotatable bonds is 6. The van der Waals surface area contributed by atoms with Crippen molar-refractivity contribution >= 4 is 0 Å². The highest BCUT2D eigenvalue weighted by Gasteiger charge is 2.53. The van der Waals surface area contributed by atoms with Crippen molar-refractivity contribution in [3.8, 4) is 0 Å². The van der Waals surface area contributed by atoms with Crippen LogP contribution in [0.3, 0.4) is 0 Å². The van der Waals surface area contributed by atoms with Gasteiger partial charge in [-0.3, -0.25) is 0 Å². The molecule has 0 aromatic rings. The number of ether oxygens (including phenoxy) is 5. The summed E-state index contributed by atoms with van der Waals surface area (Å²) >= 11 is 0. The van der Waals surface area contributed by atoms with Crippen LogP contribution in [-0.2, 0) is 23.7 Å². The van der Waals surface area contributed by atoms with Gasteiger partial charge in [-0.15, -0.1) is 0 Å². The third-order valence-corrected chi connectivity index (χ3v) is 9.35. The van der Waals surface area contributed by atoms with E-state index in [4.69, 9.17) is 23.7 Å². The van der Waals surface area contributed by atoms with Crippen LogP contribution in [-0.4, -0.2) is 162 Å². The van der Waals surface area contributed by atoms with Crippen LogP contribution in [0.4, 0.5) is 0 Å². The Morgan fingerprint density at radius 1 is 0.634 bits per heavy atom. The van der Waals surface area contributed by atoms with E-state index < -0.39 is 105 Å². The van der Waals surface area contributed by atoms with E-state index in [1.54, 1.807) is 0 Å². The molecule has 18 atom stereocenters. The fourth-order valence-electron chi connectivity index (χ4n) is 6.97. The van der Waals surface area contributed by atoms with Gasteiger partial charge in [0, 0.05) is 5.92 Å². The van der Waals surface area contributed by atoms with Gasteiger partial charge in [0.1, 0.15) is 42.7 Å². The predicted octanol–water partition coefficient (Wildman–Crippen LogP) is -4.55. The van der Waals surface area contributed by atoms with E-state index in [0.717, 1.165) is 0 Å². The molecule has 41 heavy (non-hydrogen) atoms. The largest absolute Gasteiger partial charge is 0.394 e. The van der Waals surface area contributed by atoms with E-state index in [9.17, 15) is 51.1 Å². The molecule has 18 unspecified atom stereocenters. The molecule has 3 saturated heterocycles. The minimum absolute atomic E-state index is 0.171. The first-order chi connectivity index (χ1) is 19.5. The average Bonchev–Trinajstić information content (AvgIpc) is 2.94. The van der Waals surface area contributed by atoms with Crippen molar-refractivity contribution in [2.75, 3.05) is 13.2 Å². The molecule has 0 radical (unpaired) electrons. The standard InChI is InChI=1S/C26H44O15/c27-7-18-24(41-25-21(35)19(33)15(32)8-37-25)20(34)22(36)26(40-18)39-17-6-11-13(30)4-10(28)5-16(11)38-23(17)9-1-2-12(29)14(31)3-9/h9-36H,1-8H2. The summed E-state index contributed by atoms with van der Waals surface area (Å²) in [5.74, 6) is -0.640. The van der Waals surface area contributed by atoms with Crippen LogP contribution >= 0.6 is 0 Å². The molecule has 10 N–H and O–H groups in total. The van der Waals surface area contributed by atoms with Gasteiger partial charge in [-0.2, -0.15) is 0 Å². The zero-order valence-electron chi connectivity index (χ0n) is 22.6. The molecule has 2 saturated carbocycles. The molecule has 15 nitrogen and oxygen atoms in total. The highest BCUT2D eigenvalue weighted by Crippen LogP contribution is 2.43. The van der Waals surface area contributed by atoms with Crippen LogP contribution in [0.15, 0.2) is 0 Å². The molecule has 5 fully saturated rings. The van der Waals surface area contributed by atoms with Gasteiger partial charge in [0.2, 0.25) is 0 Å². The second-order valence-electron chi connectivity index (χ2n) is 12.2. The second-order valence-corrected chi connectivity index (χ2v) is 12.2. The number of aliphatic hydroxyl groups excluding tert-OH is 10. The lowest BCUT2D eigenvalue weighted by Gasteiger charge is -2.51. The van der Waals surface area contributed by atoms with E-state index in [-0.39, 0.29) is 37.7 Å². The molecule has 0 aromatic carbocycles. The van der Waals surface area contributed by atoms with Crippen LogP contribution in [0.5, 0.6) is 0 Å². The van der Waals surface area contributed by atoms with Crippen LogP contribution in [0.25, 0.3) is 0 Å². The summed E-state index contributed by atoms with van der Waals surface area (Å²) < 4.78 is 29.2. The van der Waals surface area contributed by atoms with Crippen molar-refractivity contribution in [3.63, 3.8) is 0 Å². The Balaban J connectivity index is 1.30. The Hall–Kier alpha value is -0.600. The second kappa shape index (κ2) is 13.2. The van der Waals surface area contributed by atoms with Gasteiger partial charge >= 0.3 is 0 Å². The smallest absolute Gasteiger partial charge is 0.187 e. The third-order valence-electron chi connectivity index (χ3n) is 9.35. The minimum atomic E-state index is -1.70. The van der Waals surface area contributed by atoms with E-state index in [0.29, 0.717) is 19.3 Å². The van der Waals surface area contributed by atoms with Crippen LogP contribution < -0.4 is 0 Å². The maximum atomic E-state index is 11.0. The fraction of sp³-hybridized carbons (Fsp3) is 1.00. The molecule has 15 heteroatoms. The Kier molecular flexibility index (Phi) is 10.2. The number of fused-ring (bicyclic) bond motifs is 1. The number of hydrogen-bond donors (Lipinski definition) is 10. The molecule has 0 aromatic heterocycles. The zero-order chi connectivity index (χ0) is 29.6. The molecule has 5 aliphatic rings. The molecule has 3 aliphatic heterocycles.